The lowest BCUT2D eigenvalue weighted by Gasteiger charge is -2.01. The average Bonchev–Trinajstić information content (AvgIpc) is 2.66. The average molecular weight is 189 g/mol. The van der Waals surface area contributed by atoms with Crippen LogP contribution in [0, 0.1) is 13.8 Å². The van der Waals surface area contributed by atoms with Gasteiger partial charge in [0.25, 0.3) is 5.56 Å². The molecule has 0 aliphatic heterocycles. The maximum Gasteiger partial charge on any atom is 0.254 e. The van der Waals surface area contributed by atoms with Crippen molar-refractivity contribution in [1.29, 1.82) is 0 Å². The van der Waals surface area contributed by atoms with Gasteiger partial charge in [0.2, 0.25) is 0 Å². The van der Waals surface area contributed by atoms with E-state index in [0.717, 1.165) is 11.4 Å². The molecule has 2 heterocycles. The summed E-state index contributed by atoms with van der Waals surface area (Å²) in [6.45, 7) is 3.59. The number of nitrogens with one attached hydrogen (secondary N) is 2. The number of hydrogen-bond acceptors (Lipinski definition) is 2. The molecule has 2 aromatic rings. The van der Waals surface area contributed by atoms with Gasteiger partial charge in [0.05, 0.1) is 5.69 Å². The fraction of sp³-hybridized carbons (Fsp3) is 0.200. The molecule has 0 unspecified atom stereocenters. The smallest absolute Gasteiger partial charge is 0.254 e. The minimum absolute atomic E-state index is 0.0814. The van der Waals surface area contributed by atoms with E-state index in [9.17, 15) is 4.79 Å². The summed E-state index contributed by atoms with van der Waals surface area (Å²) >= 11 is 0. The van der Waals surface area contributed by atoms with Gasteiger partial charge in [0.1, 0.15) is 0 Å². The molecule has 2 aromatic heterocycles. The van der Waals surface area contributed by atoms with Crippen LogP contribution < -0.4 is 5.56 Å². The van der Waals surface area contributed by atoms with Crippen molar-refractivity contribution in [3.63, 3.8) is 0 Å². The lowest BCUT2D eigenvalue weighted by Crippen LogP contribution is -2.14. The van der Waals surface area contributed by atoms with Gasteiger partial charge in [-0.25, -0.2) is 4.98 Å². The molecular weight excluding hydrogens is 178 g/mol. The van der Waals surface area contributed by atoms with Crippen LogP contribution in [0.15, 0.2) is 23.1 Å². The third-order valence-corrected chi connectivity index (χ3v) is 2.25. The molecule has 2 N–H and O–H groups in total. The van der Waals surface area contributed by atoms with Crippen LogP contribution in [0.25, 0.3) is 11.5 Å². The lowest BCUT2D eigenvalue weighted by atomic mass is 10.2. The van der Waals surface area contributed by atoms with Crippen LogP contribution in [0.2, 0.25) is 0 Å². The van der Waals surface area contributed by atoms with Crippen LogP contribution in [0.3, 0.4) is 0 Å². The molecule has 0 spiro atoms. The molecule has 0 aliphatic carbocycles. The number of nitrogens with zero attached hydrogens (tertiary/aromatic N) is 1. The number of rotatable bonds is 1. The van der Waals surface area contributed by atoms with Crippen molar-refractivity contribution in [3.8, 4) is 11.5 Å². The van der Waals surface area contributed by atoms with Crippen LogP contribution in [-0.4, -0.2) is 15.0 Å². The standard InChI is InChI=1S/C10H11N3O/c1-6-7(2)12-9(13-10(6)14)8-4-3-5-11-8/h3-5,11H,1-2H3,(H,12,13,14). The van der Waals surface area contributed by atoms with Crippen LogP contribution in [0.1, 0.15) is 11.3 Å². The summed E-state index contributed by atoms with van der Waals surface area (Å²) in [5, 5.41) is 0. The first-order chi connectivity index (χ1) is 6.68. The number of aromatic amines is 2. The van der Waals surface area contributed by atoms with Gasteiger partial charge in [0.15, 0.2) is 5.82 Å². The van der Waals surface area contributed by atoms with Crippen LogP contribution in [-0.2, 0) is 0 Å². The number of aromatic nitrogens is 3. The van der Waals surface area contributed by atoms with Gasteiger partial charge in [-0.3, -0.25) is 4.79 Å². The van der Waals surface area contributed by atoms with Crippen LogP contribution >= 0.6 is 0 Å². The molecule has 4 heteroatoms. The highest BCUT2D eigenvalue weighted by molar-refractivity contribution is 5.49. The zero-order valence-electron chi connectivity index (χ0n) is 8.09. The number of aryl methyl sites for hydroxylation is 1. The fourth-order valence-corrected chi connectivity index (χ4v) is 1.25. The Hall–Kier alpha value is -1.84. The van der Waals surface area contributed by atoms with E-state index >= 15 is 0 Å². The zero-order chi connectivity index (χ0) is 10.1. The van der Waals surface area contributed by atoms with Crippen molar-refractivity contribution in [2.75, 3.05) is 0 Å². The van der Waals surface area contributed by atoms with Gasteiger partial charge >= 0.3 is 0 Å². The molecule has 0 amide bonds. The van der Waals surface area contributed by atoms with E-state index in [2.05, 4.69) is 15.0 Å². The van der Waals surface area contributed by atoms with Crippen molar-refractivity contribution in [1.82, 2.24) is 15.0 Å². The SMILES string of the molecule is Cc1nc(-c2ccc[nH]2)[nH]c(=O)c1C. The van der Waals surface area contributed by atoms with Crippen molar-refractivity contribution in [3.05, 3.63) is 39.9 Å². The normalized spacial score (nSPS) is 10.4. The second kappa shape index (κ2) is 3.14. The summed E-state index contributed by atoms with van der Waals surface area (Å²) in [5.74, 6) is 0.586. The van der Waals surface area contributed by atoms with E-state index in [1.165, 1.54) is 0 Å². The minimum Gasteiger partial charge on any atom is -0.359 e. The number of hydrogen-bond donors (Lipinski definition) is 2. The summed E-state index contributed by atoms with van der Waals surface area (Å²) in [4.78, 5) is 21.5. The zero-order valence-corrected chi connectivity index (χ0v) is 8.09. The van der Waals surface area contributed by atoms with Gasteiger partial charge in [-0.2, -0.15) is 0 Å². The molecule has 14 heavy (non-hydrogen) atoms. The fourth-order valence-electron chi connectivity index (χ4n) is 1.25. The van der Waals surface area contributed by atoms with Crippen molar-refractivity contribution in [2.45, 2.75) is 13.8 Å². The largest absolute Gasteiger partial charge is 0.359 e. The van der Waals surface area contributed by atoms with Crippen LogP contribution in [0.5, 0.6) is 0 Å². The van der Waals surface area contributed by atoms with E-state index in [1.807, 2.05) is 19.1 Å². The van der Waals surface area contributed by atoms with Crippen LogP contribution in [0.4, 0.5) is 0 Å². The topological polar surface area (TPSA) is 61.5 Å². The quantitative estimate of drug-likeness (QED) is 0.712. The van der Waals surface area contributed by atoms with E-state index in [0.29, 0.717) is 11.4 Å². The molecule has 4 nitrogen and oxygen atoms in total. The number of H-pyrrole nitrogens is 2. The summed E-state index contributed by atoms with van der Waals surface area (Å²) in [6, 6.07) is 3.73. The molecule has 0 saturated heterocycles. The highest BCUT2D eigenvalue weighted by Gasteiger charge is 2.05. The van der Waals surface area contributed by atoms with Gasteiger partial charge < -0.3 is 9.97 Å². The molecule has 0 atom stereocenters. The monoisotopic (exact) mass is 189 g/mol. The summed E-state index contributed by atoms with van der Waals surface area (Å²) in [7, 11) is 0. The summed E-state index contributed by atoms with van der Waals surface area (Å²) < 4.78 is 0. The maximum absolute atomic E-state index is 11.4. The third-order valence-electron chi connectivity index (χ3n) is 2.25. The predicted molar refractivity (Wildman–Crippen MR) is 54.1 cm³/mol. The maximum atomic E-state index is 11.4. The predicted octanol–water partition coefficient (Wildman–Crippen LogP) is 1.38. The minimum atomic E-state index is -0.0814. The Kier molecular flexibility index (Phi) is 1.96. The van der Waals surface area contributed by atoms with E-state index in [1.54, 1.807) is 13.1 Å². The molecule has 0 radical (unpaired) electrons. The Morgan fingerprint density at radius 3 is 2.71 bits per heavy atom. The molecule has 0 aromatic carbocycles. The lowest BCUT2D eigenvalue weighted by molar-refractivity contribution is 1.02. The van der Waals surface area contributed by atoms with E-state index < -0.39 is 0 Å². The Balaban J connectivity index is 2.63. The van der Waals surface area contributed by atoms with Gasteiger partial charge in [-0.15, -0.1) is 0 Å². The molecule has 0 fully saturated rings. The third kappa shape index (κ3) is 1.35. The Morgan fingerprint density at radius 1 is 1.36 bits per heavy atom. The molecule has 72 valence electrons. The van der Waals surface area contributed by atoms with Gasteiger partial charge in [-0.1, -0.05) is 0 Å². The Morgan fingerprint density at radius 2 is 2.14 bits per heavy atom. The summed E-state index contributed by atoms with van der Waals surface area (Å²) in [5.41, 5.74) is 2.17. The molecule has 0 aliphatic rings. The first-order valence-corrected chi connectivity index (χ1v) is 4.40. The van der Waals surface area contributed by atoms with Crippen molar-refractivity contribution >= 4 is 0 Å². The molecule has 0 bridgehead atoms. The second-order valence-corrected chi connectivity index (χ2v) is 3.21. The van der Waals surface area contributed by atoms with Crippen molar-refractivity contribution < 1.29 is 0 Å². The van der Waals surface area contributed by atoms with Crippen molar-refractivity contribution in [2.24, 2.45) is 0 Å². The first-order valence-electron chi connectivity index (χ1n) is 4.40. The molecular formula is C10H11N3O. The van der Waals surface area contributed by atoms with Gasteiger partial charge in [-0.05, 0) is 26.0 Å². The molecule has 2 rings (SSSR count). The highest BCUT2D eigenvalue weighted by Crippen LogP contribution is 2.10. The Bertz CT molecular complexity index is 497. The molecule has 0 saturated carbocycles. The Labute approximate surface area is 81.0 Å². The van der Waals surface area contributed by atoms with E-state index in [4.69, 9.17) is 0 Å². The summed E-state index contributed by atoms with van der Waals surface area (Å²) in [6.07, 6.45) is 1.80. The van der Waals surface area contributed by atoms with E-state index in [-0.39, 0.29) is 5.56 Å². The second-order valence-electron chi connectivity index (χ2n) is 3.21. The van der Waals surface area contributed by atoms with Gasteiger partial charge in [0, 0.05) is 17.5 Å². The highest BCUT2D eigenvalue weighted by atomic mass is 16.1. The first kappa shape index (κ1) is 8.74.